The van der Waals surface area contributed by atoms with E-state index in [1.807, 2.05) is 0 Å². The zero-order valence-electron chi connectivity index (χ0n) is 10.7. The summed E-state index contributed by atoms with van der Waals surface area (Å²) in [6.07, 6.45) is 0.275. The van der Waals surface area contributed by atoms with Crippen LogP contribution in [0.15, 0.2) is 30.3 Å². The number of aromatic nitrogens is 3. The number of carboxylic acids is 2. The summed E-state index contributed by atoms with van der Waals surface area (Å²) in [4.78, 5) is 22.5. The van der Waals surface area contributed by atoms with Crippen LogP contribution in [-0.4, -0.2) is 37.1 Å². The molecule has 104 valence electrons. The van der Waals surface area contributed by atoms with Crippen LogP contribution in [-0.2, 0) is 4.79 Å². The first-order valence-electron chi connectivity index (χ1n) is 6.03. The number of aromatic carboxylic acids is 1. The molecule has 0 fully saturated rings. The lowest BCUT2D eigenvalue weighted by atomic mass is 10.1. The standard InChI is InChI=1S/C13H13N3O4/c1-2-9(12(17)18)16-11(8-6-4-3-5-7-8)10(13(19)20)14-15-16/h3-7,9H,2H2,1H3,(H,17,18)(H,19,20). The van der Waals surface area contributed by atoms with Gasteiger partial charge in [0.15, 0.2) is 11.7 Å². The fraction of sp³-hybridized carbons (Fsp3) is 0.231. The molecule has 2 rings (SSSR count). The molecule has 1 unspecified atom stereocenters. The highest BCUT2D eigenvalue weighted by molar-refractivity contribution is 5.93. The molecule has 0 saturated carbocycles. The summed E-state index contributed by atoms with van der Waals surface area (Å²) >= 11 is 0. The third-order valence-electron chi connectivity index (χ3n) is 2.91. The molecule has 7 nitrogen and oxygen atoms in total. The Bertz CT molecular complexity index is 636. The highest BCUT2D eigenvalue weighted by Crippen LogP contribution is 2.26. The molecule has 0 aliphatic carbocycles. The van der Waals surface area contributed by atoms with Gasteiger partial charge in [0.05, 0.1) is 0 Å². The number of rotatable bonds is 5. The number of hydrogen-bond donors (Lipinski definition) is 2. The zero-order valence-corrected chi connectivity index (χ0v) is 10.7. The molecule has 1 aromatic heterocycles. The Morgan fingerprint density at radius 2 is 1.90 bits per heavy atom. The van der Waals surface area contributed by atoms with Gasteiger partial charge in [0.2, 0.25) is 0 Å². The highest BCUT2D eigenvalue weighted by Gasteiger charge is 2.27. The van der Waals surface area contributed by atoms with Gasteiger partial charge >= 0.3 is 11.9 Å². The predicted molar refractivity (Wildman–Crippen MR) is 69.4 cm³/mol. The molecule has 0 amide bonds. The minimum atomic E-state index is -1.24. The van der Waals surface area contributed by atoms with Gasteiger partial charge in [0.25, 0.3) is 0 Å². The van der Waals surface area contributed by atoms with Crippen LogP contribution in [0.2, 0.25) is 0 Å². The Morgan fingerprint density at radius 1 is 1.25 bits per heavy atom. The first kappa shape index (κ1) is 13.7. The Hall–Kier alpha value is -2.70. The van der Waals surface area contributed by atoms with Crippen molar-refractivity contribution >= 4 is 11.9 Å². The smallest absolute Gasteiger partial charge is 0.358 e. The lowest BCUT2D eigenvalue weighted by Gasteiger charge is -2.13. The number of nitrogens with zero attached hydrogens (tertiary/aromatic N) is 3. The van der Waals surface area contributed by atoms with Crippen molar-refractivity contribution in [3.63, 3.8) is 0 Å². The van der Waals surface area contributed by atoms with E-state index in [0.717, 1.165) is 4.68 Å². The molecule has 2 aromatic rings. The third kappa shape index (κ3) is 2.37. The summed E-state index contributed by atoms with van der Waals surface area (Å²) in [5, 5.41) is 25.7. The normalized spacial score (nSPS) is 12.1. The molecule has 1 atom stereocenters. The highest BCUT2D eigenvalue weighted by atomic mass is 16.4. The fourth-order valence-corrected chi connectivity index (χ4v) is 1.97. The quantitative estimate of drug-likeness (QED) is 0.860. The molecule has 0 saturated heterocycles. The van der Waals surface area contributed by atoms with Gasteiger partial charge < -0.3 is 10.2 Å². The van der Waals surface area contributed by atoms with Crippen LogP contribution in [0.5, 0.6) is 0 Å². The van der Waals surface area contributed by atoms with Crippen molar-refractivity contribution in [2.45, 2.75) is 19.4 Å². The van der Waals surface area contributed by atoms with Crippen LogP contribution >= 0.6 is 0 Å². The van der Waals surface area contributed by atoms with Crippen molar-refractivity contribution in [3.05, 3.63) is 36.0 Å². The van der Waals surface area contributed by atoms with Crippen LogP contribution in [0, 0.1) is 0 Å². The second-order valence-corrected chi connectivity index (χ2v) is 4.16. The van der Waals surface area contributed by atoms with Crippen LogP contribution in [0.3, 0.4) is 0 Å². The topological polar surface area (TPSA) is 105 Å². The van der Waals surface area contributed by atoms with E-state index in [2.05, 4.69) is 10.3 Å². The molecule has 0 aliphatic heterocycles. The molecule has 0 spiro atoms. The summed E-state index contributed by atoms with van der Waals surface area (Å²) in [7, 11) is 0. The molecular weight excluding hydrogens is 262 g/mol. The van der Waals surface area contributed by atoms with Gasteiger partial charge in [-0.2, -0.15) is 0 Å². The summed E-state index contributed by atoms with van der Waals surface area (Å²) in [5.41, 5.74) is 0.512. The molecule has 20 heavy (non-hydrogen) atoms. The summed E-state index contributed by atoms with van der Waals surface area (Å²) < 4.78 is 1.15. The van der Waals surface area contributed by atoms with Crippen LogP contribution in [0.1, 0.15) is 29.9 Å². The average molecular weight is 275 g/mol. The van der Waals surface area contributed by atoms with E-state index in [4.69, 9.17) is 0 Å². The van der Waals surface area contributed by atoms with Gasteiger partial charge in [-0.3, -0.25) is 0 Å². The fourth-order valence-electron chi connectivity index (χ4n) is 1.97. The van der Waals surface area contributed by atoms with Gasteiger partial charge in [-0.15, -0.1) is 5.10 Å². The van der Waals surface area contributed by atoms with Gasteiger partial charge in [-0.05, 0) is 6.42 Å². The minimum Gasteiger partial charge on any atom is -0.480 e. The first-order chi connectivity index (χ1) is 9.56. The Kier molecular flexibility index (Phi) is 3.79. The summed E-state index contributed by atoms with van der Waals surface area (Å²) in [6, 6.07) is 7.68. The molecular formula is C13H13N3O4. The number of benzene rings is 1. The zero-order chi connectivity index (χ0) is 14.7. The largest absolute Gasteiger partial charge is 0.480 e. The lowest BCUT2D eigenvalue weighted by Crippen LogP contribution is -2.20. The third-order valence-corrected chi connectivity index (χ3v) is 2.91. The second-order valence-electron chi connectivity index (χ2n) is 4.16. The number of aliphatic carboxylic acids is 1. The van der Waals surface area contributed by atoms with E-state index < -0.39 is 18.0 Å². The van der Waals surface area contributed by atoms with E-state index in [9.17, 15) is 19.8 Å². The van der Waals surface area contributed by atoms with E-state index in [0.29, 0.717) is 5.56 Å². The number of carbonyl (C=O) groups is 2. The van der Waals surface area contributed by atoms with Crippen molar-refractivity contribution < 1.29 is 19.8 Å². The average Bonchev–Trinajstić information content (AvgIpc) is 2.85. The number of hydrogen-bond acceptors (Lipinski definition) is 4. The second kappa shape index (κ2) is 5.52. The van der Waals surface area contributed by atoms with E-state index >= 15 is 0 Å². The van der Waals surface area contributed by atoms with Crippen molar-refractivity contribution in [2.24, 2.45) is 0 Å². The maximum absolute atomic E-state index is 11.3. The van der Waals surface area contributed by atoms with Crippen molar-refractivity contribution in [1.29, 1.82) is 0 Å². The van der Waals surface area contributed by atoms with E-state index in [1.165, 1.54) is 0 Å². The molecule has 1 aromatic carbocycles. The molecule has 2 N–H and O–H groups in total. The van der Waals surface area contributed by atoms with E-state index in [-0.39, 0.29) is 17.8 Å². The molecule has 1 heterocycles. The lowest BCUT2D eigenvalue weighted by molar-refractivity contribution is -0.141. The van der Waals surface area contributed by atoms with Crippen LogP contribution in [0.25, 0.3) is 11.3 Å². The van der Waals surface area contributed by atoms with Crippen molar-refractivity contribution in [2.75, 3.05) is 0 Å². The van der Waals surface area contributed by atoms with Gasteiger partial charge in [-0.25, -0.2) is 14.3 Å². The van der Waals surface area contributed by atoms with E-state index in [1.54, 1.807) is 37.3 Å². The molecule has 0 bridgehead atoms. The van der Waals surface area contributed by atoms with Crippen molar-refractivity contribution in [3.8, 4) is 11.3 Å². The van der Waals surface area contributed by atoms with Gasteiger partial charge in [-0.1, -0.05) is 42.5 Å². The Balaban J connectivity index is 2.65. The van der Waals surface area contributed by atoms with Gasteiger partial charge in [0.1, 0.15) is 5.69 Å². The monoisotopic (exact) mass is 275 g/mol. The Labute approximate surface area is 114 Å². The summed E-state index contributed by atoms with van der Waals surface area (Å²) in [6.45, 7) is 1.69. The Morgan fingerprint density at radius 3 is 2.40 bits per heavy atom. The summed E-state index contributed by atoms with van der Waals surface area (Å²) in [5.74, 6) is -2.32. The molecule has 0 aliphatic rings. The minimum absolute atomic E-state index is 0.201. The predicted octanol–water partition coefficient (Wildman–Crippen LogP) is 1.68. The first-order valence-corrected chi connectivity index (χ1v) is 6.03. The molecule has 0 radical (unpaired) electrons. The maximum atomic E-state index is 11.3. The maximum Gasteiger partial charge on any atom is 0.358 e. The van der Waals surface area contributed by atoms with Crippen LogP contribution < -0.4 is 0 Å². The van der Waals surface area contributed by atoms with Crippen molar-refractivity contribution in [1.82, 2.24) is 15.0 Å². The van der Waals surface area contributed by atoms with Gasteiger partial charge in [0, 0.05) is 5.56 Å². The van der Waals surface area contributed by atoms with Crippen LogP contribution in [0.4, 0.5) is 0 Å². The molecule has 7 heteroatoms. The number of carboxylic acid groups (broad SMARTS) is 2. The SMILES string of the molecule is CCC(C(=O)O)n1nnc(C(=O)O)c1-c1ccccc1.